The van der Waals surface area contributed by atoms with Crippen molar-refractivity contribution in [3.63, 3.8) is 0 Å². The molecule has 0 fully saturated rings. The molecule has 14 heavy (non-hydrogen) atoms. The van der Waals surface area contributed by atoms with Gasteiger partial charge in [0.1, 0.15) is 0 Å². The molecule has 0 radical (unpaired) electrons. The number of rotatable bonds is 8. The highest BCUT2D eigenvalue weighted by atomic mass is 79.9. The van der Waals surface area contributed by atoms with Crippen LogP contribution in [0.25, 0.3) is 0 Å². The first-order valence-electron chi connectivity index (χ1n) is 4.51. The van der Waals surface area contributed by atoms with Crippen LogP contribution in [0.4, 0.5) is 0 Å². The molecule has 0 aromatic carbocycles. The normalized spacial score (nSPS) is 10.7. The summed E-state index contributed by atoms with van der Waals surface area (Å²) in [6.07, 6.45) is 1.40. The number of hydrogen-bond acceptors (Lipinski definition) is 3. The number of hydrogen-bond donors (Lipinski definition) is 1. The van der Waals surface area contributed by atoms with Crippen molar-refractivity contribution in [2.24, 2.45) is 0 Å². The Morgan fingerprint density at radius 2 is 2.07 bits per heavy atom. The van der Waals surface area contributed by atoms with Crippen molar-refractivity contribution in [2.75, 3.05) is 33.0 Å². The van der Waals surface area contributed by atoms with E-state index in [0.717, 1.165) is 0 Å². The van der Waals surface area contributed by atoms with Gasteiger partial charge in [-0.15, -0.1) is 0 Å². The first-order chi connectivity index (χ1) is 6.81. The van der Waals surface area contributed by atoms with Crippen LogP contribution in [-0.4, -0.2) is 38.9 Å². The number of carbonyl (C=O) groups is 1. The molecule has 0 unspecified atom stereocenters. The first-order valence-corrected chi connectivity index (χ1v) is 5.43. The third-order valence-electron chi connectivity index (χ3n) is 1.34. The van der Waals surface area contributed by atoms with Gasteiger partial charge in [0, 0.05) is 19.2 Å². The molecule has 0 saturated carbocycles. The average Bonchev–Trinajstić information content (AvgIpc) is 2.17. The number of carbonyl (C=O) groups excluding carboxylic acids is 1. The van der Waals surface area contributed by atoms with E-state index in [1.54, 1.807) is 0 Å². The van der Waals surface area contributed by atoms with Gasteiger partial charge in [-0.2, -0.15) is 0 Å². The molecule has 82 valence electrons. The predicted octanol–water partition coefficient (Wildman–Crippen LogP) is 1.06. The lowest BCUT2D eigenvalue weighted by molar-refractivity contribution is -0.116. The molecule has 0 aliphatic rings. The Kier molecular flexibility index (Phi) is 10.4. The van der Waals surface area contributed by atoms with E-state index >= 15 is 0 Å². The Morgan fingerprint density at radius 3 is 2.71 bits per heavy atom. The minimum atomic E-state index is -0.129. The second-order valence-electron chi connectivity index (χ2n) is 2.39. The predicted molar refractivity (Wildman–Crippen MR) is 58.4 cm³/mol. The number of halogens is 1. The molecule has 0 saturated heterocycles. The molecule has 0 rings (SSSR count). The maximum absolute atomic E-state index is 10.9. The van der Waals surface area contributed by atoms with E-state index in [4.69, 9.17) is 9.47 Å². The van der Waals surface area contributed by atoms with Gasteiger partial charge in [-0.05, 0) is 11.9 Å². The zero-order valence-electron chi connectivity index (χ0n) is 8.29. The number of nitrogens with one attached hydrogen (secondary N) is 1. The van der Waals surface area contributed by atoms with Crippen LogP contribution in [0.15, 0.2) is 11.1 Å². The van der Waals surface area contributed by atoms with Gasteiger partial charge in [0.15, 0.2) is 0 Å². The monoisotopic (exact) mass is 265 g/mol. The molecule has 0 aliphatic heterocycles. The van der Waals surface area contributed by atoms with Gasteiger partial charge in [0.25, 0.3) is 0 Å². The summed E-state index contributed by atoms with van der Waals surface area (Å²) in [6, 6.07) is 0. The summed E-state index contributed by atoms with van der Waals surface area (Å²) in [5, 5.41) is 2.65. The van der Waals surface area contributed by atoms with Crippen molar-refractivity contribution in [3.05, 3.63) is 11.1 Å². The maximum atomic E-state index is 10.9. The molecule has 5 heteroatoms. The van der Waals surface area contributed by atoms with Gasteiger partial charge >= 0.3 is 0 Å². The highest BCUT2D eigenvalue weighted by molar-refractivity contribution is 9.11. The van der Waals surface area contributed by atoms with Crippen molar-refractivity contribution in [2.45, 2.75) is 6.92 Å². The molecule has 0 aromatic rings. The van der Waals surface area contributed by atoms with Crippen LogP contribution >= 0.6 is 15.9 Å². The fraction of sp³-hybridized carbons (Fsp3) is 0.667. The molecule has 0 atom stereocenters. The topological polar surface area (TPSA) is 47.6 Å². The van der Waals surface area contributed by atoms with Crippen LogP contribution in [0, 0.1) is 0 Å². The Morgan fingerprint density at radius 1 is 1.36 bits per heavy atom. The van der Waals surface area contributed by atoms with Crippen molar-refractivity contribution in [1.82, 2.24) is 5.32 Å². The van der Waals surface area contributed by atoms with Gasteiger partial charge in [0.05, 0.1) is 19.8 Å². The molecule has 0 aliphatic carbocycles. The van der Waals surface area contributed by atoms with Crippen molar-refractivity contribution in [1.29, 1.82) is 0 Å². The smallest absolute Gasteiger partial charge is 0.244 e. The minimum Gasteiger partial charge on any atom is -0.379 e. The molecular weight excluding hydrogens is 250 g/mol. The van der Waals surface area contributed by atoms with Crippen LogP contribution in [0.3, 0.4) is 0 Å². The van der Waals surface area contributed by atoms with Crippen molar-refractivity contribution >= 4 is 21.8 Å². The minimum absolute atomic E-state index is 0.129. The summed E-state index contributed by atoms with van der Waals surface area (Å²) in [7, 11) is 0. The van der Waals surface area contributed by atoms with E-state index in [9.17, 15) is 4.79 Å². The lowest BCUT2D eigenvalue weighted by Crippen LogP contribution is -2.25. The Hall–Kier alpha value is -0.390. The van der Waals surface area contributed by atoms with Gasteiger partial charge in [-0.3, -0.25) is 4.79 Å². The molecule has 0 aromatic heterocycles. The highest BCUT2D eigenvalue weighted by Gasteiger charge is 1.93. The maximum Gasteiger partial charge on any atom is 0.244 e. The fourth-order valence-electron chi connectivity index (χ4n) is 0.727. The second-order valence-corrected chi connectivity index (χ2v) is 2.92. The summed E-state index contributed by atoms with van der Waals surface area (Å²) in [5.74, 6) is -0.129. The highest BCUT2D eigenvalue weighted by Crippen LogP contribution is 1.82. The van der Waals surface area contributed by atoms with Crippen molar-refractivity contribution in [3.8, 4) is 0 Å². The molecule has 1 amide bonds. The Labute approximate surface area is 92.8 Å². The molecule has 0 heterocycles. The van der Waals surface area contributed by atoms with E-state index < -0.39 is 0 Å². The summed E-state index contributed by atoms with van der Waals surface area (Å²) in [5.41, 5.74) is 0. The van der Waals surface area contributed by atoms with Crippen molar-refractivity contribution < 1.29 is 14.3 Å². The van der Waals surface area contributed by atoms with Crippen LogP contribution in [0.1, 0.15) is 6.92 Å². The lowest BCUT2D eigenvalue weighted by atomic mass is 10.5. The Balaban J connectivity index is 3.09. The van der Waals surface area contributed by atoms with Gasteiger partial charge in [0.2, 0.25) is 5.91 Å². The average molecular weight is 266 g/mol. The molecule has 4 nitrogen and oxygen atoms in total. The SMILES string of the molecule is CCOCCOCCNC(=O)/C=C/Br. The molecular formula is C9H16BrNO3. The number of amides is 1. The van der Waals surface area contributed by atoms with Gasteiger partial charge in [-0.25, -0.2) is 0 Å². The van der Waals surface area contributed by atoms with E-state index in [1.165, 1.54) is 11.1 Å². The standard InChI is InChI=1S/C9H16BrNO3/c1-2-13-7-8-14-6-5-11-9(12)3-4-10/h3-4H,2,5-8H2,1H3,(H,11,12)/b4-3+. The number of ether oxygens (including phenoxy) is 2. The molecule has 0 bridgehead atoms. The van der Waals surface area contributed by atoms with E-state index in [-0.39, 0.29) is 5.91 Å². The third kappa shape index (κ3) is 9.70. The lowest BCUT2D eigenvalue weighted by Gasteiger charge is -2.04. The quantitative estimate of drug-likeness (QED) is 0.528. The fourth-order valence-corrected chi connectivity index (χ4v) is 0.967. The summed E-state index contributed by atoms with van der Waals surface area (Å²) < 4.78 is 10.3. The zero-order chi connectivity index (χ0) is 10.6. The van der Waals surface area contributed by atoms with Crippen LogP contribution < -0.4 is 5.32 Å². The Bertz CT molecular complexity index is 173. The summed E-state index contributed by atoms with van der Waals surface area (Å²) >= 11 is 3.01. The molecule has 0 spiro atoms. The van der Waals surface area contributed by atoms with Gasteiger partial charge < -0.3 is 14.8 Å². The van der Waals surface area contributed by atoms with Crippen LogP contribution in [0.2, 0.25) is 0 Å². The van der Waals surface area contributed by atoms with Crippen LogP contribution in [-0.2, 0) is 14.3 Å². The summed E-state index contributed by atoms with van der Waals surface area (Å²) in [6.45, 7) is 4.84. The zero-order valence-corrected chi connectivity index (χ0v) is 9.88. The second kappa shape index (κ2) is 10.7. The van der Waals surface area contributed by atoms with E-state index in [2.05, 4.69) is 21.2 Å². The van der Waals surface area contributed by atoms with Gasteiger partial charge in [-0.1, -0.05) is 15.9 Å². The van der Waals surface area contributed by atoms with E-state index in [1.807, 2.05) is 6.92 Å². The summed E-state index contributed by atoms with van der Waals surface area (Å²) in [4.78, 5) is 12.4. The third-order valence-corrected chi connectivity index (χ3v) is 1.60. The van der Waals surface area contributed by atoms with Crippen LogP contribution in [0.5, 0.6) is 0 Å². The first kappa shape index (κ1) is 13.6. The largest absolute Gasteiger partial charge is 0.379 e. The molecule has 1 N–H and O–H groups in total. The van der Waals surface area contributed by atoms with E-state index in [0.29, 0.717) is 33.0 Å².